The molecule has 1 saturated carbocycles. The summed E-state index contributed by atoms with van der Waals surface area (Å²) in [7, 11) is 0. The van der Waals surface area contributed by atoms with Crippen molar-refractivity contribution in [3.8, 4) is 0 Å². The Bertz CT molecular complexity index is 1360. The summed E-state index contributed by atoms with van der Waals surface area (Å²) in [6, 6.07) is 5.85. The molecule has 1 aliphatic carbocycles. The van der Waals surface area contributed by atoms with Gasteiger partial charge in [0.2, 0.25) is 5.91 Å². The number of amides is 1. The van der Waals surface area contributed by atoms with Gasteiger partial charge in [-0.25, -0.2) is 19.6 Å². The number of aliphatic imine (C=N–C) groups is 1. The van der Waals surface area contributed by atoms with Gasteiger partial charge in [-0.05, 0) is 79.2 Å². The highest BCUT2D eigenvalue weighted by Crippen LogP contribution is 2.35. The van der Waals surface area contributed by atoms with Crippen molar-refractivity contribution in [3.05, 3.63) is 64.5 Å². The monoisotopic (exact) mass is 515 g/mol. The maximum atomic E-state index is 12.9. The van der Waals surface area contributed by atoms with E-state index in [0.29, 0.717) is 12.4 Å². The van der Waals surface area contributed by atoms with Crippen LogP contribution >= 0.6 is 0 Å². The normalized spacial score (nSPS) is 18.3. The number of carbonyl (C=O) groups is 1. The Labute approximate surface area is 223 Å². The summed E-state index contributed by atoms with van der Waals surface area (Å²) in [5, 5.41) is 18.0. The number of aromatic amines is 1. The number of hydrogen-bond donors (Lipinski definition) is 3. The molecule has 200 valence electrons. The zero-order valence-corrected chi connectivity index (χ0v) is 22.9. The van der Waals surface area contributed by atoms with Gasteiger partial charge < -0.3 is 10.6 Å². The summed E-state index contributed by atoms with van der Waals surface area (Å²) >= 11 is 0. The fourth-order valence-electron chi connectivity index (χ4n) is 4.76. The average Bonchev–Trinajstić information content (AvgIpc) is 3.45. The van der Waals surface area contributed by atoms with Crippen molar-refractivity contribution in [1.29, 1.82) is 0 Å². The highest BCUT2D eigenvalue weighted by Gasteiger charge is 2.28. The summed E-state index contributed by atoms with van der Waals surface area (Å²) in [6.45, 7) is 14.0. The van der Waals surface area contributed by atoms with Crippen LogP contribution in [0, 0.1) is 33.6 Å². The molecule has 3 aromatic heterocycles. The minimum absolute atomic E-state index is 0.00382. The Balaban J connectivity index is 1.29. The van der Waals surface area contributed by atoms with E-state index < -0.39 is 0 Å². The molecular formula is C28H37N9O. The van der Waals surface area contributed by atoms with E-state index in [2.05, 4.69) is 37.6 Å². The van der Waals surface area contributed by atoms with Crippen LogP contribution < -0.4 is 10.6 Å². The molecule has 38 heavy (non-hydrogen) atoms. The SMILES string of the molecule is C=N/C(=C\C=C(/C)CNC(=O)C1CCC(c2nc(C)cc(Nc3cc(C)[nH]n3)n2)CC1)n1nc(C)cc1C. The minimum atomic E-state index is 0.00382. The van der Waals surface area contributed by atoms with Crippen molar-refractivity contribution in [2.45, 2.75) is 66.2 Å². The summed E-state index contributed by atoms with van der Waals surface area (Å²) in [4.78, 5) is 26.4. The lowest BCUT2D eigenvalue weighted by Crippen LogP contribution is -2.34. The number of rotatable bonds is 9. The third-order valence-corrected chi connectivity index (χ3v) is 6.74. The van der Waals surface area contributed by atoms with Gasteiger partial charge in [0.15, 0.2) is 11.6 Å². The van der Waals surface area contributed by atoms with E-state index >= 15 is 0 Å². The van der Waals surface area contributed by atoms with E-state index in [1.807, 2.05) is 65.0 Å². The number of aryl methyl sites for hydroxylation is 4. The van der Waals surface area contributed by atoms with E-state index in [0.717, 1.165) is 71.5 Å². The van der Waals surface area contributed by atoms with E-state index in [4.69, 9.17) is 9.97 Å². The number of H-pyrrole nitrogens is 1. The molecule has 10 heteroatoms. The summed E-state index contributed by atoms with van der Waals surface area (Å²) < 4.78 is 1.76. The fourth-order valence-corrected chi connectivity index (χ4v) is 4.76. The Kier molecular flexibility index (Phi) is 8.50. The van der Waals surface area contributed by atoms with Crippen molar-refractivity contribution < 1.29 is 4.79 Å². The molecule has 10 nitrogen and oxygen atoms in total. The number of aromatic nitrogens is 6. The Morgan fingerprint density at radius 2 is 1.84 bits per heavy atom. The van der Waals surface area contributed by atoms with Crippen molar-refractivity contribution in [2.75, 3.05) is 11.9 Å². The Morgan fingerprint density at radius 1 is 1.08 bits per heavy atom. The number of nitrogens with one attached hydrogen (secondary N) is 3. The van der Waals surface area contributed by atoms with Crippen LogP contribution in [0.15, 0.2) is 40.9 Å². The molecule has 0 bridgehead atoms. The summed E-state index contributed by atoms with van der Waals surface area (Å²) in [5.41, 5.74) is 4.83. The van der Waals surface area contributed by atoms with Crippen LogP contribution in [0.3, 0.4) is 0 Å². The Hall–Kier alpha value is -4.08. The predicted octanol–water partition coefficient (Wildman–Crippen LogP) is 4.91. The summed E-state index contributed by atoms with van der Waals surface area (Å²) in [6.07, 6.45) is 7.23. The molecule has 0 spiro atoms. The van der Waals surface area contributed by atoms with E-state index in [-0.39, 0.29) is 17.7 Å². The number of allylic oxidation sites excluding steroid dienone is 2. The number of hydrogen-bond acceptors (Lipinski definition) is 7. The van der Waals surface area contributed by atoms with Crippen LogP contribution in [0.2, 0.25) is 0 Å². The quantitative estimate of drug-likeness (QED) is 0.275. The van der Waals surface area contributed by atoms with Crippen LogP contribution in [-0.2, 0) is 4.79 Å². The standard InChI is InChI=1S/C28H37N9O/c1-17(7-12-26(29-6)37-21(5)13-20(4)36-37)16-30-28(38)23-10-8-22(9-11-23)27-31-18(2)14-24(33-27)32-25-15-19(3)34-35-25/h7,12-15,22-23H,6,8-11,16H2,1-5H3,(H,30,38)(H2,31,32,33,34,35)/b17-7+,26-12+. The lowest BCUT2D eigenvalue weighted by molar-refractivity contribution is -0.125. The largest absolute Gasteiger partial charge is 0.352 e. The van der Waals surface area contributed by atoms with Gasteiger partial charge in [0.1, 0.15) is 11.6 Å². The highest BCUT2D eigenvalue weighted by atomic mass is 16.1. The second kappa shape index (κ2) is 12.0. The smallest absolute Gasteiger partial charge is 0.223 e. The van der Waals surface area contributed by atoms with Crippen LogP contribution in [-0.4, -0.2) is 49.1 Å². The van der Waals surface area contributed by atoms with Gasteiger partial charge in [-0.3, -0.25) is 9.89 Å². The van der Waals surface area contributed by atoms with Gasteiger partial charge in [-0.1, -0.05) is 11.6 Å². The number of anilines is 2. The second-order valence-corrected chi connectivity index (χ2v) is 10.1. The lowest BCUT2D eigenvalue weighted by Gasteiger charge is -2.27. The van der Waals surface area contributed by atoms with E-state index in [9.17, 15) is 4.79 Å². The molecule has 1 amide bonds. The lowest BCUT2D eigenvalue weighted by atomic mass is 9.81. The molecule has 4 rings (SSSR count). The van der Waals surface area contributed by atoms with E-state index in [1.165, 1.54) is 0 Å². The molecular weight excluding hydrogens is 478 g/mol. The van der Waals surface area contributed by atoms with Crippen LogP contribution in [0.4, 0.5) is 11.6 Å². The fraction of sp³-hybridized carbons (Fsp3) is 0.429. The first kappa shape index (κ1) is 27.0. The average molecular weight is 516 g/mol. The van der Waals surface area contributed by atoms with Crippen LogP contribution in [0.1, 0.15) is 67.1 Å². The maximum Gasteiger partial charge on any atom is 0.223 e. The molecule has 0 radical (unpaired) electrons. The topological polar surface area (TPSA) is 126 Å². The molecule has 3 heterocycles. The highest BCUT2D eigenvalue weighted by molar-refractivity contribution is 5.79. The van der Waals surface area contributed by atoms with Gasteiger partial charge in [0.25, 0.3) is 0 Å². The zero-order chi connectivity index (χ0) is 27.2. The van der Waals surface area contributed by atoms with Crippen molar-refractivity contribution in [2.24, 2.45) is 10.9 Å². The van der Waals surface area contributed by atoms with Crippen LogP contribution in [0.5, 0.6) is 0 Å². The van der Waals surface area contributed by atoms with Gasteiger partial charge in [-0.15, -0.1) is 0 Å². The zero-order valence-electron chi connectivity index (χ0n) is 22.9. The van der Waals surface area contributed by atoms with Gasteiger partial charge in [0, 0.05) is 47.6 Å². The van der Waals surface area contributed by atoms with Gasteiger partial charge >= 0.3 is 0 Å². The molecule has 3 aromatic rings. The first-order valence-corrected chi connectivity index (χ1v) is 13.0. The van der Waals surface area contributed by atoms with Crippen LogP contribution in [0.25, 0.3) is 5.82 Å². The predicted molar refractivity (Wildman–Crippen MR) is 150 cm³/mol. The number of nitrogens with zero attached hydrogens (tertiary/aromatic N) is 6. The molecule has 0 saturated heterocycles. The third-order valence-electron chi connectivity index (χ3n) is 6.74. The molecule has 0 aliphatic heterocycles. The van der Waals surface area contributed by atoms with Crippen molar-refractivity contribution in [1.82, 2.24) is 35.3 Å². The molecule has 0 unspecified atom stereocenters. The number of carbonyl (C=O) groups excluding carboxylic acids is 1. The van der Waals surface area contributed by atoms with Crippen molar-refractivity contribution >= 4 is 30.1 Å². The Morgan fingerprint density at radius 3 is 2.47 bits per heavy atom. The molecule has 0 aromatic carbocycles. The summed E-state index contributed by atoms with van der Waals surface area (Å²) in [5.74, 6) is 3.30. The molecule has 3 N–H and O–H groups in total. The second-order valence-electron chi connectivity index (χ2n) is 10.1. The van der Waals surface area contributed by atoms with Gasteiger partial charge in [-0.2, -0.15) is 10.2 Å². The van der Waals surface area contributed by atoms with E-state index in [1.54, 1.807) is 4.68 Å². The minimum Gasteiger partial charge on any atom is -0.352 e. The first-order valence-electron chi connectivity index (χ1n) is 13.0. The molecule has 1 aliphatic rings. The molecule has 1 fully saturated rings. The third kappa shape index (κ3) is 6.81. The first-order chi connectivity index (χ1) is 18.2. The maximum absolute atomic E-state index is 12.9. The van der Waals surface area contributed by atoms with Gasteiger partial charge in [0.05, 0.1) is 5.69 Å². The molecule has 0 atom stereocenters. The van der Waals surface area contributed by atoms with Crippen molar-refractivity contribution in [3.63, 3.8) is 0 Å².